The first-order valence-corrected chi connectivity index (χ1v) is 14.8. The van der Waals surface area contributed by atoms with Crippen LogP contribution < -0.4 is 20.4 Å². The van der Waals surface area contributed by atoms with Crippen LogP contribution in [0.25, 0.3) is 0 Å². The Morgan fingerprint density at radius 2 is 1.62 bits per heavy atom. The highest BCUT2D eigenvalue weighted by Crippen LogP contribution is 2.32. The molecule has 1 aromatic rings. The molecule has 1 atom stereocenters. The summed E-state index contributed by atoms with van der Waals surface area (Å²) in [5.74, 6) is -2.31. The standard InChI is InChI=1S/C24H37F3N6O6S/c1-23(2,3)39-22(35)29-17(15-40(36,37)38)20(34)28-9-6-16-7-12-33(13-8-16)19-14-18(32-10-4-5-11-32)30-21(31-19)24(25,26)27/h14,16-17H,4-13,15H2,1-3H3,(H,28,34)(H,29,35)(H,36,37,38). The largest absolute Gasteiger partial charge is 0.451 e. The van der Waals surface area contributed by atoms with Gasteiger partial charge in [-0.25, -0.2) is 14.8 Å². The van der Waals surface area contributed by atoms with Gasteiger partial charge >= 0.3 is 12.3 Å². The quantitative estimate of drug-likeness (QED) is 0.364. The van der Waals surface area contributed by atoms with Gasteiger partial charge in [0.1, 0.15) is 29.0 Å². The summed E-state index contributed by atoms with van der Waals surface area (Å²) in [5.41, 5.74) is -0.881. The molecule has 2 fully saturated rings. The summed E-state index contributed by atoms with van der Waals surface area (Å²) in [7, 11) is -4.58. The summed E-state index contributed by atoms with van der Waals surface area (Å²) >= 11 is 0. The molecule has 3 N–H and O–H groups in total. The van der Waals surface area contributed by atoms with Gasteiger partial charge in [0.15, 0.2) is 0 Å². The van der Waals surface area contributed by atoms with Gasteiger partial charge in [-0.05, 0) is 58.8 Å². The van der Waals surface area contributed by atoms with Crippen molar-refractivity contribution in [1.82, 2.24) is 20.6 Å². The van der Waals surface area contributed by atoms with Crippen molar-refractivity contribution in [2.75, 3.05) is 48.3 Å². The molecule has 0 spiro atoms. The zero-order chi connectivity index (χ0) is 29.7. The van der Waals surface area contributed by atoms with Gasteiger partial charge in [-0.2, -0.15) is 21.6 Å². The van der Waals surface area contributed by atoms with E-state index >= 15 is 0 Å². The van der Waals surface area contributed by atoms with E-state index in [-0.39, 0.29) is 24.1 Å². The van der Waals surface area contributed by atoms with E-state index in [2.05, 4.69) is 20.6 Å². The normalized spacial score (nSPS) is 18.0. The molecular formula is C24H37F3N6O6S. The highest BCUT2D eigenvalue weighted by Gasteiger charge is 2.37. The van der Waals surface area contributed by atoms with Crippen LogP contribution >= 0.6 is 0 Å². The molecule has 0 aromatic carbocycles. The van der Waals surface area contributed by atoms with E-state index in [4.69, 9.17) is 4.74 Å². The minimum atomic E-state index is -4.66. The molecule has 0 bridgehead atoms. The summed E-state index contributed by atoms with van der Waals surface area (Å²) in [4.78, 5) is 35.8. The SMILES string of the molecule is CC(C)(C)OC(=O)NC(CS(=O)(=O)O)C(=O)NCCC1CCN(c2cc(N3CCCC3)nc(C(F)(F)F)n2)CC1. The van der Waals surface area contributed by atoms with Crippen LogP contribution in [0, 0.1) is 5.92 Å². The van der Waals surface area contributed by atoms with Crippen molar-refractivity contribution in [3.8, 4) is 0 Å². The van der Waals surface area contributed by atoms with Crippen molar-refractivity contribution >= 4 is 33.8 Å². The summed E-state index contributed by atoms with van der Waals surface area (Å²) < 4.78 is 77.4. The van der Waals surface area contributed by atoms with Crippen LogP contribution in [0.2, 0.25) is 0 Å². The minimum Gasteiger partial charge on any atom is -0.444 e. The van der Waals surface area contributed by atoms with E-state index in [1.807, 2.05) is 4.90 Å². The molecule has 3 rings (SSSR count). The van der Waals surface area contributed by atoms with Crippen molar-refractivity contribution in [3.63, 3.8) is 0 Å². The molecular weight excluding hydrogens is 557 g/mol. The topological polar surface area (TPSA) is 154 Å². The van der Waals surface area contributed by atoms with E-state index in [1.165, 1.54) is 0 Å². The number of carbonyl (C=O) groups is 2. The first kappa shape index (κ1) is 31.6. The fraction of sp³-hybridized carbons (Fsp3) is 0.750. The Labute approximate surface area is 231 Å². The lowest BCUT2D eigenvalue weighted by Gasteiger charge is -2.33. The number of rotatable bonds is 9. The van der Waals surface area contributed by atoms with Gasteiger partial charge in [-0.15, -0.1) is 0 Å². The van der Waals surface area contributed by atoms with Gasteiger partial charge in [0.05, 0.1) is 0 Å². The number of halogens is 3. The van der Waals surface area contributed by atoms with E-state index in [0.717, 1.165) is 12.8 Å². The number of nitrogens with one attached hydrogen (secondary N) is 2. The molecule has 0 aliphatic carbocycles. The zero-order valence-corrected chi connectivity index (χ0v) is 23.6. The van der Waals surface area contributed by atoms with E-state index in [9.17, 15) is 35.7 Å². The van der Waals surface area contributed by atoms with Crippen LogP contribution in [0.4, 0.5) is 29.6 Å². The molecule has 2 aliphatic rings. The third-order valence-corrected chi connectivity index (χ3v) is 7.31. The van der Waals surface area contributed by atoms with Crippen LogP contribution in [0.3, 0.4) is 0 Å². The first-order chi connectivity index (χ1) is 18.5. The highest BCUT2D eigenvalue weighted by atomic mass is 32.2. The van der Waals surface area contributed by atoms with Gasteiger partial charge in [-0.1, -0.05) is 0 Å². The molecule has 2 amide bonds. The predicted octanol–water partition coefficient (Wildman–Crippen LogP) is 2.60. The number of nitrogens with zero attached hydrogens (tertiary/aromatic N) is 4. The second-order valence-electron chi connectivity index (χ2n) is 11.1. The summed E-state index contributed by atoms with van der Waals surface area (Å²) in [6.07, 6.45) is -2.05. The Kier molecular flexibility index (Phi) is 10.1. The average molecular weight is 595 g/mol. The number of piperidine rings is 1. The second kappa shape index (κ2) is 12.7. The maximum absolute atomic E-state index is 13.5. The molecule has 12 nitrogen and oxygen atoms in total. The van der Waals surface area contributed by atoms with Gasteiger partial charge in [0, 0.05) is 38.8 Å². The third kappa shape index (κ3) is 9.94. The molecule has 40 heavy (non-hydrogen) atoms. The maximum Gasteiger partial charge on any atom is 0.451 e. The molecule has 226 valence electrons. The predicted molar refractivity (Wildman–Crippen MR) is 141 cm³/mol. The summed E-state index contributed by atoms with van der Waals surface area (Å²) in [6.45, 7) is 7.22. The van der Waals surface area contributed by atoms with E-state index in [0.29, 0.717) is 45.4 Å². The number of alkyl carbamates (subject to hydrolysis) is 1. The second-order valence-corrected chi connectivity index (χ2v) is 12.6. The van der Waals surface area contributed by atoms with Crippen molar-refractivity contribution in [3.05, 3.63) is 11.9 Å². The van der Waals surface area contributed by atoms with Gasteiger partial charge in [0.2, 0.25) is 11.7 Å². The van der Waals surface area contributed by atoms with Crippen LogP contribution in [-0.4, -0.2) is 85.1 Å². The van der Waals surface area contributed by atoms with Crippen LogP contribution in [0.1, 0.15) is 58.7 Å². The van der Waals surface area contributed by atoms with Gasteiger partial charge < -0.3 is 25.2 Å². The number of aromatic nitrogens is 2. The fourth-order valence-electron chi connectivity index (χ4n) is 4.64. The number of amides is 2. The molecule has 0 saturated carbocycles. The Bertz CT molecular complexity index is 1150. The van der Waals surface area contributed by atoms with Gasteiger partial charge in [-0.3, -0.25) is 9.35 Å². The summed E-state index contributed by atoms with van der Waals surface area (Å²) in [6, 6.07) is 0.0470. The molecule has 1 aromatic heterocycles. The molecule has 2 aliphatic heterocycles. The van der Waals surface area contributed by atoms with E-state index < -0.39 is 51.5 Å². The molecule has 2 saturated heterocycles. The number of ether oxygens (including phenoxy) is 1. The summed E-state index contributed by atoms with van der Waals surface area (Å²) in [5, 5.41) is 4.74. The zero-order valence-electron chi connectivity index (χ0n) is 22.8. The lowest BCUT2D eigenvalue weighted by Crippen LogP contribution is -2.51. The number of alkyl halides is 3. The lowest BCUT2D eigenvalue weighted by atomic mass is 9.93. The van der Waals surface area contributed by atoms with Crippen molar-refractivity contribution in [1.29, 1.82) is 0 Å². The van der Waals surface area contributed by atoms with Crippen molar-refractivity contribution < 1.29 is 40.5 Å². The number of carbonyl (C=O) groups excluding carboxylic acids is 2. The number of anilines is 2. The molecule has 0 radical (unpaired) electrons. The Balaban J connectivity index is 1.54. The maximum atomic E-state index is 13.5. The minimum absolute atomic E-state index is 0.150. The Morgan fingerprint density at radius 3 is 2.12 bits per heavy atom. The molecule has 16 heteroatoms. The number of hydrogen-bond donors (Lipinski definition) is 3. The lowest BCUT2D eigenvalue weighted by molar-refractivity contribution is -0.144. The van der Waals surface area contributed by atoms with Crippen LogP contribution in [0.15, 0.2) is 6.07 Å². The average Bonchev–Trinajstić information content (AvgIpc) is 3.36. The van der Waals surface area contributed by atoms with Crippen molar-refractivity contribution in [2.24, 2.45) is 5.92 Å². The third-order valence-electron chi connectivity index (χ3n) is 6.56. The van der Waals surface area contributed by atoms with Crippen LogP contribution in [0.5, 0.6) is 0 Å². The Hall–Kier alpha value is -2.88. The monoisotopic (exact) mass is 594 g/mol. The molecule has 1 unspecified atom stereocenters. The molecule has 3 heterocycles. The smallest absolute Gasteiger partial charge is 0.444 e. The fourth-order valence-corrected chi connectivity index (χ4v) is 5.29. The Morgan fingerprint density at radius 1 is 1.07 bits per heavy atom. The highest BCUT2D eigenvalue weighted by molar-refractivity contribution is 7.85. The van der Waals surface area contributed by atoms with Gasteiger partial charge in [0.25, 0.3) is 10.1 Å². The number of hydrogen-bond acceptors (Lipinski definition) is 9. The van der Waals surface area contributed by atoms with E-state index in [1.54, 1.807) is 31.7 Å². The van der Waals surface area contributed by atoms with Crippen molar-refractivity contribution in [2.45, 2.75) is 70.7 Å². The first-order valence-electron chi connectivity index (χ1n) is 13.2. The van der Waals surface area contributed by atoms with Crippen LogP contribution in [-0.2, 0) is 25.8 Å².